The van der Waals surface area contributed by atoms with Gasteiger partial charge in [0.05, 0.1) is 24.7 Å². The van der Waals surface area contributed by atoms with E-state index in [2.05, 4.69) is 31.4 Å². The smallest absolute Gasteiger partial charge is 0.231 e. The molecule has 4 heterocycles. The molecule has 3 aromatic rings. The monoisotopic (exact) mass is 401 g/mol. The number of fused-ring (bicyclic) bond motifs is 2. The van der Waals surface area contributed by atoms with Crippen LogP contribution in [0, 0.1) is 11.3 Å². The van der Waals surface area contributed by atoms with E-state index in [9.17, 15) is 10.1 Å². The van der Waals surface area contributed by atoms with Gasteiger partial charge < -0.3 is 10.2 Å². The van der Waals surface area contributed by atoms with Crippen molar-refractivity contribution in [2.75, 3.05) is 18.4 Å². The molecule has 8 nitrogen and oxygen atoms in total. The lowest BCUT2D eigenvalue weighted by atomic mass is 10.2. The molecule has 0 bridgehead atoms. The molecule has 1 N–H and O–H groups in total. The highest BCUT2D eigenvalue weighted by atomic mass is 32.2. The molecule has 29 heavy (non-hydrogen) atoms. The van der Waals surface area contributed by atoms with Gasteiger partial charge in [0.2, 0.25) is 5.91 Å². The number of anilines is 1. The maximum Gasteiger partial charge on any atom is 0.231 e. The number of rotatable bonds is 4. The fourth-order valence-electron chi connectivity index (χ4n) is 3.35. The van der Waals surface area contributed by atoms with E-state index in [4.69, 9.17) is 0 Å². The molecule has 0 unspecified atom stereocenters. The summed E-state index contributed by atoms with van der Waals surface area (Å²) in [6.45, 7) is 1.55. The minimum Gasteiger partial charge on any atom is -0.322 e. The summed E-state index contributed by atoms with van der Waals surface area (Å²) in [5.41, 5.74) is 2.01. The van der Waals surface area contributed by atoms with Crippen LogP contribution >= 0.6 is 11.8 Å². The van der Waals surface area contributed by atoms with E-state index >= 15 is 0 Å². The molecule has 1 amide bonds. The maximum atomic E-state index is 12.7. The Labute approximate surface area is 170 Å². The number of benzene rings is 1. The quantitative estimate of drug-likeness (QED) is 0.722. The lowest BCUT2D eigenvalue weighted by molar-refractivity contribution is -0.115. The number of hydrogen-bond acceptors (Lipinski definition) is 7. The van der Waals surface area contributed by atoms with Crippen LogP contribution < -0.4 is 5.32 Å². The largest absolute Gasteiger partial charge is 0.322 e. The van der Waals surface area contributed by atoms with E-state index in [0.717, 1.165) is 34.9 Å². The molecular formula is C20H15N7OS. The van der Waals surface area contributed by atoms with Crippen molar-refractivity contribution in [2.24, 2.45) is 4.99 Å². The number of nitrogens with zero attached hydrogens (tertiary/aromatic N) is 6. The summed E-state index contributed by atoms with van der Waals surface area (Å²) in [6.07, 6.45) is 1.63. The van der Waals surface area contributed by atoms with E-state index in [0.29, 0.717) is 11.6 Å². The Morgan fingerprint density at radius 3 is 3.07 bits per heavy atom. The Morgan fingerprint density at radius 2 is 2.17 bits per heavy atom. The number of nitrogens with one attached hydrogen (secondary N) is 1. The van der Waals surface area contributed by atoms with Crippen LogP contribution in [0.1, 0.15) is 12.0 Å². The Morgan fingerprint density at radius 1 is 1.28 bits per heavy atom. The van der Waals surface area contributed by atoms with Gasteiger partial charge in [-0.2, -0.15) is 15.0 Å². The molecule has 1 aromatic carbocycles. The summed E-state index contributed by atoms with van der Waals surface area (Å²) >= 11 is 1.53. The maximum absolute atomic E-state index is 12.7. The predicted octanol–water partition coefficient (Wildman–Crippen LogP) is 2.88. The summed E-state index contributed by atoms with van der Waals surface area (Å²) in [7, 11) is 0. The molecule has 142 valence electrons. The number of amides is 1. The molecule has 2 aliphatic heterocycles. The fourth-order valence-corrected chi connectivity index (χ4v) is 4.31. The first-order valence-corrected chi connectivity index (χ1v) is 9.93. The average molecular weight is 401 g/mol. The highest BCUT2D eigenvalue weighted by molar-refractivity contribution is 8.16. The van der Waals surface area contributed by atoms with Gasteiger partial charge >= 0.3 is 0 Å². The first kappa shape index (κ1) is 17.5. The van der Waals surface area contributed by atoms with Crippen molar-refractivity contribution < 1.29 is 4.79 Å². The van der Waals surface area contributed by atoms with Crippen LogP contribution in [0.25, 0.3) is 16.7 Å². The lowest BCUT2D eigenvalue weighted by Gasteiger charge is -2.16. The lowest BCUT2D eigenvalue weighted by Crippen LogP contribution is -2.25. The number of aliphatic imine (C=N–C) groups is 1. The molecule has 5 rings (SSSR count). The highest BCUT2D eigenvalue weighted by Gasteiger charge is 2.28. The van der Waals surface area contributed by atoms with Gasteiger partial charge in [-0.1, -0.05) is 30.0 Å². The number of carbonyl (C=O) groups is 1. The number of thioether (sulfide) groups is 1. The van der Waals surface area contributed by atoms with Crippen LogP contribution in [0.2, 0.25) is 0 Å². The topological polar surface area (TPSA) is 99.2 Å². The Kier molecular flexibility index (Phi) is 4.26. The van der Waals surface area contributed by atoms with Crippen molar-refractivity contribution in [2.45, 2.75) is 6.42 Å². The highest BCUT2D eigenvalue weighted by Crippen LogP contribution is 2.31. The zero-order valence-corrected chi connectivity index (χ0v) is 16.1. The van der Waals surface area contributed by atoms with Gasteiger partial charge in [-0.25, -0.2) is 4.98 Å². The molecule has 9 heteroatoms. The van der Waals surface area contributed by atoms with Crippen molar-refractivity contribution in [3.8, 4) is 11.9 Å². The molecule has 2 aromatic heterocycles. The van der Waals surface area contributed by atoms with Gasteiger partial charge in [0.1, 0.15) is 11.6 Å². The van der Waals surface area contributed by atoms with Crippen molar-refractivity contribution in [3.05, 3.63) is 59.3 Å². The van der Waals surface area contributed by atoms with Gasteiger partial charge in [-0.15, -0.1) is 0 Å². The molecule has 0 radical (unpaired) electrons. The van der Waals surface area contributed by atoms with Crippen LogP contribution in [0.3, 0.4) is 0 Å². The fraction of sp³-hybridized carbons (Fsp3) is 0.150. The number of hydrogen-bond donors (Lipinski definition) is 1. The summed E-state index contributed by atoms with van der Waals surface area (Å²) in [5.74, 6) is 0.635. The number of carbonyl (C=O) groups excluding carboxylic acids is 1. The molecule has 0 spiro atoms. The summed E-state index contributed by atoms with van der Waals surface area (Å²) < 4.78 is 1.49. The third kappa shape index (κ3) is 3.13. The summed E-state index contributed by atoms with van der Waals surface area (Å²) in [6, 6.07) is 13.6. The Bertz CT molecular complexity index is 1240. The van der Waals surface area contributed by atoms with Crippen LogP contribution in [-0.4, -0.2) is 43.8 Å². The SMILES string of the molecule is N#Cc1cnn(-c2ccc3ccccc3n2)c1NC(=O)CC1=CSC2=NCCN12. The second kappa shape index (κ2) is 7.07. The van der Waals surface area contributed by atoms with Crippen LogP contribution in [0.15, 0.2) is 58.7 Å². The van der Waals surface area contributed by atoms with Gasteiger partial charge in [0.15, 0.2) is 16.8 Å². The van der Waals surface area contributed by atoms with Crippen molar-refractivity contribution in [3.63, 3.8) is 0 Å². The zero-order valence-electron chi connectivity index (χ0n) is 15.2. The van der Waals surface area contributed by atoms with Gasteiger partial charge in [-0.05, 0) is 23.6 Å². The average Bonchev–Trinajstić information content (AvgIpc) is 3.45. The van der Waals surface area contributed by atoms with E-state index in [1.807, 2.05) is 41.8 Å². The Hall–Kier alpha value is -3.64. The number of nitriles is 1. The Balaban J connectivity index is 1.42. The van der Waals surface area contributed by atoms with E-state index in [-0.39, 0.29) is 17.9 Å². The molecule has 0 saturated carbocycles. The second-order valence-electron chi connectivity index (χ2n) is 6.56. The predicted molar refractivity (Wildman–Crippen MR) is 112 cm³/mol. The first-order valence-electron chi connectivity index (χ1n) is 9.05. The molecule has 0 saturated heterocycles. The first-order chi connectivity index (χ1) is 14.2. The third-order valence-electron chi connectivity index (χ3n) is 4.74. The second-order valence-corrected chi connectivity index (χ2v) is 7.40. The van der Waals surface area contributed by atoms with Gasteiger partial charge in [-0.3, -0.25) is 9.79 Å². The number of amidine groups is 1. The third-order valence-corrected chi connectivity index (χ3v) is 5.69. The normalized spacial score (nSPS) is 15.1. The van der Waals surface area contributed by atoms with Crippen LogP contribution in [-0.2, 0) is 4.79 Å². The van der Waals surface area contributed by atoms with E-state index in [1.54, 1.807) is 0 Å². The minimum atomic E-state index is -0.218. The number of aromatic nitrogens is 3. The van der Waals surface area contributed by atoms with Crippen molar-refractivity contribution in [1.82, 2.24) is 19.7 Å². The number of para-hydroxylation sites is 1. The van der Waals surface area contributed by atoms with Gasteiger partial charge in [0, 0.05) is 17.6 Å². The minimum absolute atomic E-state index is 0.202. The van der Waals surface area contributed by atoms with Gasteiger partial charge in [0.25, 0.3) is 0 Å². The zero-order chi connectivity index (χ0) is 19.8. The van der Waals surface area contributed by atoms with Crippen molar-refractivity contribution >= 4 is 39.6 Å². The molecule has 2 aliphatic rings. The molecule has 0 aliphatic carbocycles. The van der Waals surface area contributed by atoms with E-state index in [1.165, 1.54) is 22.6 Å². The van der Waals surface area contributed by atoms with E-state index < -0.39 is 0 Å². The standard InChI is InChI=1S/C20H15N7OS/c21-10-14-11-23-27(17-6-5-13-3-1-2-4-16(13)24-17)19(14)25-18(28)9-15-12-29-20-22-7-8-26(15)20/h1-6,11-12H,7-9H2,(H,25,28). The molecule has 0 atom stereocenters. The summed E-state index contributed by atoms with van der Waals surface area (Å²) in [5, 5.41) is 20.5. The molecular weight excluding hydrogens is 386 g/mol. The molecule has 0 fully saturated rings. The van der Waals surface area contributed by atoms with Crippen LogP contribution in [0.4, 0.5) is 5.82 Å². The van der Waals surface area contributed by atoms with Crippen molar-refractivity contribution in [1.29, 1.82) is 5.26 Å². The van der Waals surface area contributed by atoms with Crippen LogP contribution in [0.5, 0.6) is 0 Å². The summed E-state index contributed by atoms with van der Waals surface area (Å²) in [4.78, 5) is 23.8. The number of pyridine rings is 1.